The first-order valence-corrected chi connectivity index (χ1v) is 4.64. The zero-order chi connectivity index (χ0) is 8.39. The van der Waals surface area contributed by atoms with Gasteiger partial charge in [0, 0.05) is 19.3 Å². The molecule has 2 heterocycles. The Labute approximate surface area is 74.9 Å². The number of aliphatic hydroxyl groups excluding tert-OH is 1. The molecule has 0 bridgehead atoms. The van der Waals surface area contributed by atoms with Crippen LogP contribution in [0.5, 0.6) is 0 Å². The number of aromatic nitrogens is 1. The predicted molar refractivity (Wildman–Crippen MR) is 49.0 cm³/mol. The molecular weight excluding hydrogens is 172 g/mol. The molecule has 0 saturated carbocycles. The zero-order valence-corrected chi connectivity index (χ0v) is 7.34. The summed E-state index contributed by atoms with van der Waals surface area (Å²) >= 11 is 1.46. The summed E-state index contributed by atoms with van der Waals surface area (Å²) in [6, 6.07) is 1.97. The molecule has 1 atom stereocenters. The lowest BCUT2D eigenvalue weighted by molar-refractivity contribution is 0.217. The lowest BCUT2D eigenvalue weighted by Gasteiger charge is -2.16. The van der Waals surface area contributed by atoms with Crippen molar-refractivity contribution in [2.75, 3.05) is 13.1 Å². The van der Waals surface area contributed by atoms with Crippen molar-refractivity contribution < 1.29 is 5.11 Å². The monoisotopic (exact) mass is 182 g/mol. The molecule has 3 nitrogen and oxygen atoms in total. The van der Waals surface area contributed by atoms with Gasteiger partial charge in [0.05, 0.1) is 11.0 Å². The molecule has 2 N–H and O–H groups in total. The lowest BCUT2D eigenvalue weighted by Crippen LogP contribution is -2.31. The van der Waals surface area contributed by atoms with Crippen LogP contribution in [0, 0.1) is 0 Å². The number of aliphatic hydroxyl groups is 1. The van der Waals surface area contributed by atoms with Crippen molar-refractivity contribution in [3.63, 3.8) is 0 Å². The summed E-state index contributed by atoms with van der Waals surface area (Å²) in [7, 11) is 0. The van der Waals surface area contributed by atoms with Gasteiger partial charge in [0.1, 0.15) is 0 Å². The fourth-order valence-corrected chi connectivity index (χ4v) is 1.87. The van der Waals surface area contributed by atoms with E-state index in [1.807, 2.05) is 12.1 Å². The second kappa shape index (κ2) is 3.35. The van der Waals surface area contributed by atoms with Crippen molar-refractivity contribution in [3.05, 3.63) is 23.2 Å². The second-order valence-corrected chi connectivity index (χ2v) is 3.60. The fraction of sp³-hybridized carbons (Fsp3) is 0.375. The van der Waals surface area contributed by atoms with E-state index in [0.29, 0.717) is 6.54 Å². The summed E-state index contributed by atoms with van der Waals surface area (Å²) < 4.78 is 4.01. The second-order valence-electron chi connectivity index (χ2n) is 2.77. The Morgan fingerprint density at radius 3 is 3.25 bits per heavy atom. The van der Waals surface area contributed by atoms with Crippen LogP contribution in [0.4, 0.5) is 0 Å². The molecule has 1 aromatic rings. The molecule has 4 heteroatoms. The van der Waals surface area contributed by atoms with Gasteiger partial charge in [-0.25, -0.2) is 4.37 Å². The Kier molecular flexibility index (Phi) is 2.21. The number of nitrogens with zero attached hydrogens (tertiary/aromatic N) is 1. The third-order valence-corrected chi connectivity index (χ3v) is 2.64. The molecule has 1 aliphatic heterocycles. The molecular formula is C8H10N2OS. The van der Waals surface area contributed by atoms with Gasteiger partial charge in [-0.3, -0.25) is 0 Å². The molecule has 64 valence electrons. The average molecular weight is 182 g/mol. The first-order chi connectivity index (χ1) is 5.86. The van der Waals surface area contributed by atoms with E-state index in [2.05, 4.69) is 9.69 Å². The summed E-state index contributed by atoms with van der Waals surface area (Å²) in [6.07, 6.45) is 3.32. The van der Waals surface area contributed by atoms with Crippen molar-refractivity contribution in [2.45, 2.75) is 6.10 Å². The van der Waals surface area contributed by atoms with Crippen LogP contribution in [0.3, 0.4) is 0 Å². The number of nitrogens with one attached hydrogen (secondary N) is 1. The highest BCUT2D eigenvalue weighted by atomic mass is 32.1. The van der Waals surface area contributed by atoms with Gasteiger partial charge in [0.2, 0.25) is 0 Å². The van der Waals surface area contributed by atoms with E-state index in [-0.39, 0.29) is 6.10 Å². The highest BCUT2D eigenvalue weighted by molar-refractivity contribution is 7.07. The molecule has 0 spiro atoms. The van der Waals surface area contributed by atoms with E-state index in [1.165, 1.54) is 11.5 Å². The summed E-state index contributed by atoms with van der Waals surface area (Å²) in [5.41, 5.74) is 1.15. The quantitative estimate of drug-likeness (QED) is 0.664. The number of hydrogen-bond donors (Lipinski definition) is 2. The number of β-amino-alcohol motifs (C(OH)–C–C–N with tert-alkyl or cyclic N) is 1. The summed E-state index contributed by atoms with van der Waals surface area (Å²) in [4.78, 5) is 1.14. The molecule has 0 amide bonds. The Bertz CT molecular complexity index is 281. The van der Waals surface area contributed by atoms with Gasteiger partial charge in [0.15, 0.2) is 0 Å². The number of hydrogen-bond acceptors (Lipinski definition) is 4. The maximum Gasteiger partial charge on any atom is 0.0852 e. The maximum absolute atomic E-state index is 9.32. The van der Waals surface area contributed by atoms with Crippen LogP contribution in [0.25, 0.3) is 5.57 Å². The minimum atomic E-state index is -0.351. The van der Waals surface area contributed by atoms with Gasteiger partial charge in [-0.2, -0.15) is 0 Å². The SMILES string of the molecule is OC1C=C(c2ccns2)CNC1. The average Bonchev–Trinajstić information content (AvgIpc) is 2.56. The Morgan fingerprint density at radius 2 is 2.58 bits per heavy atom. The first-order valence-electron chi connectivity index (χ1n) is 3.87. The molecule has 12 heavy (non-hydrogen) atoms. The third kappa shape index (κ3) is 1.55. The van der Waals surface area contributed by atoms with Crippen LogP contribution in [0.1, 0.15) is 4.88 Å². The number of rotatable bonds is 1. The molecule has 0 fully saturated rings. The molecule has 0 aromatic carbocycles. The van der Waals surface area contributed by atoms with E-state index < -0.39 is 0 Å². The van der Waals surface area contributed by atoms with Gasteiger partial charge in [0.25, 0.3) is 0 Å². The van der Waals surface area contributed by atoms with Gasteiger partial charge in [-0.05, 0) is 29.2 Å². The highest BCUT2D eigenvalue weighted by Crippen LogP contribution is 2.19. The van der Waals surface area contributed by atoms with Crippen LogP contribution >= 0.6 is 11.5 Å². The van der Waals surface area contributed by atoms with Crippen LogP contribution in [-0.2, 0) is 0 Å². The molecule has 2 rings (SSSR count). The largest absolute Gasteiger partial charge is 0.388 e. The normalized spacial score (nSPS) is 23.8. The molecule has 0 saturated heterocycles. The predicted octanol–water partition coefficient (Wildman–Crippen LogP) is 0.491. The van der Waals surface area contributed by atoms with E-state index in [9.17, 15) is 5.11 Å². The van der Waals surface area contributed by atoms with Crippen molar-refractivity contribution >= 4 is 17.1 Å². The smallest absolute Gasteiger partial charge is 0.0852 e. The van der Waals surface area contributed by atoms with E-state index in [0.717, 1.165) is 17.0 Å². The van der Waals surface area contributed by atoms with Crippen molar-refractivity contribution in [2.24, 2.45) is 0 Å². The van der Waals surface area contributed by atoms with E-state index >= 15 is 0 Å². The van der Waals surface area contributed by atoms with Crippen molar-refractivity contribution in [3.8, 4) is 0 Å². The molecule has 1 unspecified atom stereocenters. The maximum atomic E-state index is 9.32. The topological polar surface area (TPSA) is 45.2 Å². The minimum absolute atomic E-state index is 0.351. The van der Waals surface area contributed by atoms with Gasteiger partial charge < -0.3 is 10.4 Å². The van der Waals surface area contributed by atoms with Crippen LogP contribution in [-0.4, -0.2) is 28.7 Å². The zero-order valence-electron chi connectivity index (χ0n) is 6.53. The molecule has 0 aliphatic carbocycles. The summed E-state index contributed by atoms with van der Waals surface area (Å²) in [6.45, 7) is 1.49. The summed E-state index contributed by atoms with van der Waals surface area (Å²) in [5, 5.41) is 12.5. The van der Waals surface area contributed by atoms with E-state index in [1.54, 1.807) is 6.20 Å². The molecule has 1 aromatic heterocycles. The van der Waals surface area contributed by atoms with Gasteiger partial charge >= 0.3 is 0 Å². The minimum Gasteiger partial charge on any atom is -0.388 e. The van der Waals surface area contributed by atoms with Gasteiger partial charge in [-0.15, -0.1) is 0 Å². The van der Waals surface area contributed by atoms with Crippen LogP contribution < -0.4 is 5.32 Å². The van der Waals surface area contributed by atoms with Crippen molar-refractivity contribution in [1.82, 2.24) is 9.69 Å². The molecule has 1 aliphatic rings. The van der Waals surface area contributed by atoms with Crippen molar-refractivity contribution in [1.29, 1.82) is 0 Å². The van der Waals surface area contributed by atoms with Crippen LogP contribution in [0.15, 0.2) is 18.3 Å². The Hall–Kier alpha value is -0.710. The molecule has 0 radical (unpaired) electrons. The Balaban J connectivity index is 2.23. The first kappa shape index (κ1) is 7.91. The van der Waals surface area contributed by atoms with Crippen LogP contribution in [0.2, 0.25) is 0 Å². The third-order valence-electron chi connectivity index (χ3n) is 1.82. The standard InChI is InChI=1S/C8H10N2OS/c11-7-3-6(4-9-5-7)8-1-2-10-12-8/h1-3,7,9,11H,4-5H2. The van der Waals surface area contributed by atoms with Gasteiger partial charge in [-0.1, -0.05) is 0 Å². The lowest BCUT2D eigenvalue weighted by atomic mass is 10.1. The Morgan fingerprint density at radius 1 is 1.67 bits per heavy atom. The highest BCUT2D eigenvalue weighted by Gasteiger charge is 2.11. The van der Waals surface area contributed by atoms with E-state index in [4.69, 9.17) is 0 Å². The summed E-state index contributed by atoms with van der Waals surface area (Å²) in [5.74, 6) is 0. The fourth-order valence-electron chi connectivity index (χ4n) is 1.26.